The number of aromatic nitrogens is 1. The van der Waals surface area contributed by atoms with Crippen LogP contribution < -0.4 is 4.73 Å². The highest BCUT2D eigenvalue weighted by atomic mass is 32.2. The van der Waals surface area contributed by atoms with Crippen molar-refractivity contribution in [3.8, 4) is 0 Å². The molecule has 1 aromatic carbocycles. The van der Waals surface area contributed by atoms with Crippen molar-refractivity contribution in [2.24, 2.45) is 0 Å². The second kappa shape index (κ2) is 5.48. The summed E-state index contributed by atoms with van der Waals surface area (Å²) in [6, 6.07) is 8.72. The van der Waals surface area contributed by atoms with Crippen LogP contribution in [0.4, 0.5) is 0 Å². The predicted molar refractivity (Wildman–Crippen MR) is 81.7 cm³/mol. The lowest BCUT2D eigenvalue weighted by molar-refractivity contribution is -0.646. The molecule has 0 amide bonds. The zero-order valence-electron chi connectivity index (χ0n) is 12.6. The second-order valence-electron chi connectivity index (χ2n) is 5.42. The first-order valence-electron chi connectivity index (χ1n) is 6.74. The smallest absolute Gasteiger partial charge is 0.309 e. The molecule has 5 heteroatoms. The van der Waals surface area contributed by atoms with Gasteiger partial charge < -0.3 is 5.21 Å². The fourth-order valence-electron chi connectivity index (χ4n) is 2.32. The molecule has 0 N–H and O–H groups in total. The minimum atomic E-state index is -3.73. The molecule has 0 fully saturated rings. The van der Waals surface area contributed by atoms with Gasteiger partial charge in [0, 0.05) is 12.1 Å². The molecule has 2 aromatic rings. The fraction of sp³-hybridized carbons (Fsp3) is 0.312. The van der Waals surface area contributed by atoms with Gasteiger partial charge in [-0.2, -0.15) is 4.73 Å². The van der Waals surface area contributed by atoms with E-state index in [0.29, 0.717) is 4.73 Å². The van der Waals surface area contributed by atoms with E-state index in [-0.39, 0.29) is 5.03 Å². The van der Waals surface area contributed by atoms with Crippen molar-refractivity contribution in [3.63, 3.8) is 0 Å². The van der Waals surface area contributed by atoms with Crippen LogP contribution in [0, 0.1) is 26.0 Å². The van der Waals surface area contributed by atoms with Crippen LogP contribution in [-0.4, -0.2) is 8.42 Å². The Labute approximate surface area is 125 Å². The highest BCUT2D eigenvalue weighted by Crippen LogP contribution is 2.29. The first kappa shape index (κ1) is 15.5. The third-order valence-electron chi connectivity index (χ3n) is 3.67. The summed E-state index contributed by atoms with van der Waals surface area (Å²) in [5, 5.41) is 10.9. The Hall–Kier alpha value is -1.88. The molecule has 1 unspecified atom stereocenters. The Kier molecular flexibility index (Phi) is 4.05. The SMILES string of the molecule is Cc1ccc(C)c(C(C)S(=O)(=O)c2cc(C)cc[n+]2[O-])c1. The van der Waals surface area contributed by atoms with E-state index in [2.05, 4.69) is 0 Å². The van der Waals surface area contributed by atoms with E-state index >= 15 is 0 Å². The Bertz CT molecular complexity index is 782. The highest BCUT2D eigenvalue weighted by Gasteiger charge is 2.32. The minimum Gasteiger partial charge on any atom is -0.618 e. The normalized spacial score (nSPS) is 13.1. The predicted octanol–water partition coefficient (Wildman–Crippen LogP) is 2.78. The lowest BCUT2D eigenvalue weighted by Crippen LogP contribution is -2.35. The van der Waals surface area contributed by atoms with Crippen LogP contribution in [0.15, 0.2) is 41.6 Å². The molecule has 4 nitrogen and oxygen atoms in total. The van der Waals surface area contributed by atoms with Crippen LogP contribution >= 0.6 is 0 Å². The number of sulfone groups is 1. The molecule has 0 radical (unpaired) electrons. The first-order valence-corrected chi connectivity index (χ1v) is 8.29. The molecule has 1 heterocycles. The van der Waals surface area contributed by atoms with Crippen molar-refractivity contribution in [1.29, 1.82) is 0 Å². The van der Waals surface area contributed by atoms with E-state index in [0.717, 1.165) is 22.3 Å². The van der Waals surface area contributed by atoms with Crippen molar-refractivity contribution >= 4 is 9.84 Å². The molecule has 0 bridgehead atoms. The molecule has 112 valence electrons. The summed E-state index contributed by atoms with van der Waals surface area (Å²) in [5.74, 6) is 0. The maximum absolute atomic E-state index is 12.7. The van der Waals surface area contributed by atoms with Crippen molar-refractivity contribution < 1.29 is 13.1 Å². The number of hydrogen-bond acceptors (Lipinski definition) is 3. The summed E-state index contributed by atoms with van der Waals surface area (Å²) < 4.78 is 25.9. The van der Waals surface area contributed by atoms with E-state index in [9.17, 15) is 13.6 Å². The largest absolute Gasteiger partial charge is 0.618 e. The van der Waals surface area contributed by atoms with E-state index in [1.807, 2.05) is 32.0 Å². The summed E-state index contributed by atoms with van der Waals surface area (Å²) >= 11 is 0. The van der Waals surface area contributed by atoms with Gasteiger partial charge in [-0.25, -0.2) is 8.42 Å². The molecule has 0 saturated heterocycles. The molecule has 0 saturated carbocycles. The standard InChI is InChI=1S/C16H19NO3S/c1-11-5-6-13(3)15(9-11)14(4)21(19,20)16-10-12(2)7-8-17(16)18/h5-10,14H,1-4H3. The molecular formula is C16H19NO3S. The monoisotopic (exact) mass is 305 g/mol. The van der Waals surface area contributed by atoms with Gasteiger partial charge in [-0.15, -0.1) is 0 Å². The van der Waals surface area contributed by atoms with Crippen LogP contribution in [0.3, 0.4) is 0 Å². The van der Waals surface area contributed by atoms with E-state index in [1.54, 1.807) is 19.9 Å². The molecule has 0 aliphatic rings. The van der Waals surface area contributed by atoms with Gasteiger partial charge >= 0.3 is 5.03 Å². The summed E-state index contributed by atoms with van der Waals surface area (Å²) in [4.78, 5) is 0. The highest BCUT2D eigenvalue weighted by molar-refractivity contribution is 7.91. The van der Waals surface area contributed by atoms with Crippen molar-refractivity contribution in [2.75, 3.05) is 0 Å². The zero-order valence-corrected chi connectivity index (χ0v) is 13.4. The lowest BCUT2D eigenvalue weighted by Gasteiger charge is -2.16. The first-order chi connectivity index (χ1) is 9.73. The number of benzene rings is 1. The molecule has 0 spiro atoms. The van der Waals surface area contributed by atoms with Gasteiger partial charge in [0.05, 0.1) is 5.25 Å². The van der Waals surface area contributed by atoms with Crippen LogP contribution in [0.5, 0.6) is 0 Å². The maximum Gasteiger partial charge on any atom is 0.309 e. The number of nitrogens with zero attached hydrogens (tertiary/aromatic N) is 1. The number of pyridine rings is 1. The maximum atomic E-state index is 12.7. The summed E-state index contributed by atoms with van der Waals surface area (Å²) in [6.45, 7) is 7.19. The summed E-state index contributed by atoms with van der Waals surface area (Å²) in [7, 11) is -3.73. The van der Waals surface area contributed by atoms with Gasteiger partial charge in [0.25, 0.3) is 0 Å². The van der Waals surface area contributed by atoms with E-state index < -0.39 is 15.1 Å². The minimum absolute atomic E-state index is 0.198. The number of rotatable bonds is 3. The quantitative estimate of drug-likeness (QED) is 0.647. The third kappa shape index (κ3) is 2.93. The molecular weight excluding hydrogens is 286 g/mol. The molecule has 0 aliphatic carbocycles. The molecule has 1 atom stereocenters. The van der Waals surface area contributed by atoms with Gasteiger partial charge in [-0.3, -0.25) is 0 Å². The van der Waals surface area contributed by atoms with Crippen LogP contribution in [0.2, 0.25) is 0 Å². The topological polar surface area (TPSA) is 61.1 Å². The molecule has 21 heavy (non-hydrogen) atoms. The molecule has 0 aliphatic heterocycles. The van der Waals surface area contributed by atoms with Crippen LogP contribution in [-0.2, 0) is 9.84 Å². The van der Waals surface area contributed by atoms with Gasteiger partial charge in [-0.1, -0.05) is 23.8 Å². The summed E-state index contributed by atoms with van der Waals surface area (Å²) in [5.41, 5.74) is 3.38. The van der Waals surface area contributed by atoms with Crippen LogP contribution in [0.1, 0.15) is 34.4 Å². The average molecular weight is 305 g/mol. The van der Waals surface area contributed by atoms with E-state index in [4.69, 9.17) is 0 Å². The summed E-state index contributed by atoms with van der Waals surface area (Å²) in [6.07, 6.45) is 1.23. The Balaban J connectivity index is 2.58. The van der Waals surface area contributed by atoms with Crippen molar-refractivity contribution in [2.45, 2.75) is 38.0 Å². The number of hydrogen-bond donors (Lipinski definition) is 0. The average Bonchev–Trinajstić information content (AvgIpc) is 2.43. The Morgan fingerprint density at radius 3 is 2.33 bits per heavy atom. The van der Waals surface area contributed by atoms with Crippen LogP contribution in [0.25, 0.3) is 0 Å². The van der Waals surface area contributed by atoms with Gasteiger partial charge in [0.2, 0.25) is 9.84 Å². The third-order valence-corrected chi connectivity index (χ3v) is 5.74. The van der Waals surface area contributed by atoms with E-state index in [1.165, 1.54) is 12.3 Å². The number of aryl methyl sites for hydroxylation is 3. The Morgan fingerprint density at radius 1 is 1.05 bits per heavy atom. The lowest BCUT2D eigenvalue weighted by atomic mass is 10.0. The molecule has 2 rings (SSSR count). The van der Waals surface area contributed by atoms with Crippen molar-refractivity contribution in [1.82, 2.24) is 0 Å². The fourth-order valence-corrected chi connectivity index (χ4v) is 3.93. The van der Waals surface area contributed by atoms with Gasteiger partial charge in [-0.05, 0) is 44.4 Å². The van der Waals surface area contributed by atoms with Gasteiger partial charge in [0.15, 0.2) is 6.20 Å². The zero-order chi connectivity index (χ0) is 15.8. The van der Waals surface area contributed by atoms with Gasteiger partial charge in [0.1, 0.15) is 0 Å². The van der Waals surface area contributed by atoms with Crippen molar-refractivity contribution in [3.05, 3.63) is 64.0 Å². The Morgan fingerprint density at radius 2 is 1.67 bits per heavy atom. The molecule has 1 aromatic heterocycles. The second-order valence-corrected chi connectivity index (χ2v) is 7.63.